The van der Waals surface area contributed by atoms with E-state index in [4.69, 9.17) is 11.6 Å². The minimum Gasteiger partial charge on any atom is -0.493 e. The van der Waals surface area contributed by atoms with Crippen molar-refractivity contribution in [3.05, 3.63) is 47.7 Å². The van der Waals surface area contributed by atoms with Crippen molar-refractivity contribution in [2.24, 2.45) is 0 Å². The maximum Gasteiger partial charge on any atom is 0.218 e. The Hall–Kier alpha value is -2.86. The fraction of sp³-hybridized carbons (Fsp3) is 0. The number of nitrogens with zero attached hydrogens (tertiary/aromatic N) is 3. The summed E-state index contributed by atoms with van der Waals surface area (Å²) in [6.45, 7) is 0. The molecule has 0 radical (unpaired) electrons. The highest BCUT2D eigenvalue weighted by Crippen LogP contribution is 2.32. The quantitative estimate of drug-likeness (QED) is 0.526. The first-order valence-electron chi connectivity index (χ1n) is 6.56. The summed E-state index contributed by atoms with van der Waals surface area (Å²) in [6, 6.07) is 9.16. The molecule has 0 aliphatic heterocycles. The lowest BCUT2D eigenvalue weighted by molar-refractivity contribution is 0.460. The summed E-state index contributed by atoms with van der Waals surface area (Å²) >= 11 is 6.14. The molecule has 0 bridgehead atoms. The van der Waals surface area contributed by atoms with Gasteiger partial charge in [0.15, 0.2) is 5.82 Å². The molecule has 0 aliphatic carbocycles. The summed E-state index contributed by atoms with van der Waals surface area (Å²) < 4.78 is 0. The van der Waals surface area contributed by atoms with Crippen LogP contribution in [0, 0.1) is 0 Å². The molecule has 0 aliphatic rings. The Morgan fingerprint density at radius 2 is 2.05 bits per heavy atom. The van der Waals surface area contributed by atoms with Gasteiger partial charge in [-0.25, -0.2) is 4.98 Å². The Morgan fingerprint density at radius 3 is 2.95 bits per heavy atom. The fourth-order valence-electron chi connectivity index (χ4n) is 2.35. The van der Waals surface area contributed by atoms with Crippen molar-refractivity contribution in [1.82, 2.24) is 20.2 Å². The largest absolute Gasteiger partial charge is 0.493 e. The fourth-order valence-corrected chi connectivity index (χ4v) is 2.55. The van der Waals surface area contributed by atoms with Gasteiger partial charge in [-0.2, -0.15) is 5.10 Å². The van der Waals surface area contributed by atoms with Crippen LogP contribution in [0.25, 0.3) is 21.8 Å². The Kier molecular flexibility index (Phi) is 2.83. The molecule has 0 atom stereocenters. The van der Waals surface area contributed by atoms with E-state index in [9.17, 15) is 5.11 Å². The lowest BCUT2D eigenvalue weighted by Gasteiger charge is -2.07. The van der Waals surface area contributed by atoms with Gasteiger partial charge in [0.1, 0.15) is 5.52 Å². The van der Waals surface area contributed by atoms with Crippen molar-refractivity contribution in [2.75, 3.05) is 5.32 Å². The minimum absolute atomic E-state index is 0.0437. The van der Waals surface area contributed by atoms with E-state index >= 15 is 0 Å². The average molecular weight is 312 g/mol. The van der Waals surface area contributed by atoms with Gasteiger partial charge in [-0.15, -0.1) is 0 Å². The predicted molar refractivity (Wildman–Crippen MR) is 85.6 cm³/mol. The van der Waals surface area contributed by atoms with Gasteiger partial charge in [0.25, 0.3) is 0 Å². The average Bonchev–Trinajstić information content (AvgIpc) is 2.94. The molecule has 22 heavy (non-hydrogen) atoms. The number of halogens is 1. The molecule has 0 saturated carbocycles. The number of rotatable bonds is 2. The molecule has 108 valence electrons. The number of hydrogen-bond acceptors (Lipinski definition) is 5. The minimum atomic E-state index is -0.0437. The molecule has 3 heterocycles. The molecule has 4 aromatic rings. The molecule has 1 aromatic carbocycles. The number of fused-ring (bicyclic) bond motifs is 2. The summed E-state index contributed by atoms with van der Waals surface area (Å²) in [6.07, 6.45) is 3.14. The van der Waals surface area contributed by atoms with Gasteiger partial charge in [-0.3, -0.25) is 10.1 Å². The number of benzene rings is 1. The van der Waals surface area contributed by atoms with Gasteiger partial charge in [0.2, 0.25) is 5.88 Å². The van der Waals surface area contributed by atoms with E-state index in [1.54, 1.807) is 12.3 Å². The van der Waals surface area contributed by atoms with E-state index in [1.807, 2.05) is 24.3 Å². The van der Waals surface area contributed by atoms with Crippen LogP contribution in [0.4, 0.5) is 11.5 Å². The summed E-state index contributed by atoms with van der Waals surface area (Å²) in [5.41, 5.74) is 2.40. The van der Waals surface area contributed by atoms with Crippen LogP contribution >= 0.6 is 11.6 Å². The highest BCUT2D eigenvalue weighted by atomic mass is 35.5. The van der Waals surface area contributed by atoms with Crippen molar-refractivity contribution >= 4 is 44.9 Å². The second-order valence-corrected chi connectivity index (χ2v) is 5.19. The monoisotopic (exact) mass is 311 g/mol. The van der Waals surface area contributed by atoms with Crippen molar-refractivity contribution in [1.29, 1.82) is 0 Å². The predicted octanol–water partition coefficient (Wildman–Crippen LogP) is 3.61. The molecule has 7 heteroatoms. The lowest BCUT2D eigenvalue weighted by Crippen LogP contribution is -1.92. The first kappa shape index (κ1) is 12.8. The van der Waals surface area contributed by atoms with Crippen molar-refractivity contribution in [3.63, 3.8) is 0 Å². The number of aromatic hydroxyl groups is 1. The van der Waals surface area contributed by atoms with Crippen LogP contribution in [-0.4, -0.2) is 25.3 Å². The van der Waals surface area contributed by atoms with E-state index in [0.717, 1.165) is 16.7 Å². The Balaban J connectivity index is 1.80. The molecule has 0 unspecified atom stereocenters. The third kappa shape index (κ3) is 2.01. The number of H-pyrrole nitrogens is 1. The Morgan fingerprint density at radius 1 is 1.14 bits per heavy atom. The van der Waals surface area contributed by atoms with Crippen LogP contribution in [-0.2, 0) is 0 Å². The molecule has 4 rings (SSSR count). The van der Waals surface area contributed by atoms with Gasteiger partial charge in [-0.05, 0) is 30.3 Å². The third-order valence-corrected chi connectivity index (χ3v) is 3.70. The molecular formula is C15H10ClN5O. The van der Waals surface area contributed by atoms with Gasteiger partial charge < -0.3 is 10.4 Å². The summed E-state index contributed by atoms with van der Waals surface area (Å²) in [7, 11) is 0. The molecule has 0 spiro atoms. The number of hydrogen-bond donors (Lipinski definition) is 3. The summed E-state index contributed by atoms with van der Waals surface area (Å²) in [5, 5.41) is 21.9. The standard InChI is InChI=1S/C15H10ClN5O/c16-11-7-18-15(22)9-4-3-8(6-10(9)11)19-14-13-12(20-21-14)2-1-5-17-13/h1-7H,(H,18,22)(H2,19,20,21). The summed E-state index contributed by atoms with van der Waals surface area (Å²) in [4.78, 5) is 8.13. The molecular weight excluding hydrogens is 302 g/mol. The Labute approximate surface area is 129 Å². The highest BCUT2D eigenvalue weighted by Gasteiger charge is 2.09. The number of aromatic nitrogens is 4. The SMILES string of the molecule is Oc1ncc(Cl)c2cc(Nc3n[nH]c4cccnc34)ccc12. The van der Waals surface area contributed by atoms with Crippen molar-refractivity contribution < 1.29 is 5.11 Å². The Bertz CT molecular complexity index is 998. The molecule has 6 nitrogen and oxygen atoms in total. The third-order valence-electron chi connectivity index (χ3n) is 3.40. The van der Waals surface area contributed by atoms with Crippen LogP contribution in [0.3, 0.4) is 0 Å². The normalized spacial score (nSPS) is 11.1. The lowest BCUT2D eigenvalue weighted by atomic mass is 10.1. The summed E-state index contributed by atoms with van der Waals surface area (Å²) in [5.74, 6) is 0.585. The first-order valence-corrected chi connectivity index (χ1v) is 6.93. The van der Waals surface area contributed by atoms with Gasteiger partial charge in [0.05, 0.1) is 16.7 Å². The molecule has 3 N–H and O–H groups in total. The van der Waals surface area contributed by atoms with Crippen LogP contribution in [0.1, 0.15) is 0 Å². The molecule has 0 amide bonds. The molecule has 3 aromatic heterocycles. The zero-order valence-electron chi connectivity index (χ0n) is 11.2. The molecule has 0 saturated heterocycles. The number of aromatic amines is 1. The highest BCUT2D eigenvalue weighted by molar-refractivity contribution is 6.35. The van der Waals surface area contributed by atoms with E-state index in [-0.39, 0.29) is 5.88 Å². The smallest absolute Gasteiger partial charge is 0.218 e. The van der Waals surface area contributed by atoms with Gasteiger partial charge in [-0.1, -0.05) is 11.6 Å². The topological polar surface area (TPSA) is 86.7 Å². The van der Waals surface area contributed by atoms with Crippen molar-refractivity contribution in [3.8, 4) is 5.88 Å². The van der Waals surface area contributed by atoms with Crippen LogP contribution in [0.5, 0.6) is 5.88 Å². The maximum absolute atomic E-state index is 9.77. The number of anilines is 2. The first-order chi connectivity index (χ1) is 10.7. The van der Waals surface area contributed by atoms with Crippen LogP contribution in [0.2, 0.25) is 5.02 Å². The maximum atomic E-state index is 9.77. The van der Waals surface area contributed by atoms with Crippen molar-refractivity contribution in [2.45, 2.75) is 0 Å². The van der Waals surface area contributed by atoms with Crippen LogP contribution in [0.15, 0.2) is 42.7 Å². The molecule has 0 fully saturated rings. The zero-order chi connectivity index (χ0) is 15.1. The number of pyridine rings is 2. The second kappa shape index (κ2) is 4.85. The second-order valence-electron chi connectivity index (χ2n) is 4.79. The van der Waals surface area contributed by atoms with Crippen LogP contribution < -0.4 is 5.32 Å². The van der Waals surface area contributed by atoms with E-state index in [1.165, 1.54) is 6.20 Å². The number of nitrogens with one attached hydrogen (secondary N) is 2. The zero-order valence-corrected chi connectivity index (χ0v) is 12.0. The van der Waals surface area contributed by atoms with E-state index in [0.29, 0.717) is 21.6 Å². The van der Waals surface area contributed by atoms with E-state index < -0.39 is 0 Å². The van der Waals surface area contributed by atoms with Gasteiger partial charge in [0, 0.05) is 22.7 Å². The van der Waals surface area contributed by atoms with Gasteiger partial charge >= 0.3 is 0 Å². The van der Waals surface area contributed by atoms with E-state index in [2.05, 4.69) is 25.5 Å².